The minimum Gasteiger partial charge on any atom is -0.481 e. The molecule has 2 aromatic heterocycles. The number of nitrogens with one attached hydrogen (secondary N) is 1. The predicted octanol–water partition coefficient (Wildman–Crippen LogP) is 0.958. The van der Waals surface area contributed by atoms with Gasteiger partial charge in [0.1, 0.15) is 12.7 Å². The Bertz CT molecular complexity index is 624. The zero-order valence-electron chi connectivity index (χ0n) is 11.6. The van der Waals surface area contributed by atoms with E-state index in [1.807, 2.05) is 0 Å². The SMILES string of the molecule is CC(C(=O)O)C(C)C(=O)Nc1ccc(-n2cncn2)nc1. The monoisotopic (exact) mass is 289 g/mol. The third-order valence-corrected chi connectivity index (χ3v) is 3.22. The first-order chi connectivity index (χ1) is 9.99. The number of nitrogens with zero attached hydrogens (tertiary/aromatic N) is 4. The Morgan fingerprint density at radius 2 is 2.05 bits per heavy atom. The maximum atomic E-state index is 11.9. The molecule has 0 radical (unpaired) electrons. The molecule has 0 saturated heterocycles. The van der Waals surface area contributed by atoms with Crippen LogP contribution in [0.1, 0.15) is 13.8 Å². The van der Waals surface area contributed by atoms with Crippen molar-refractivity contribution in [1.82, 2.24) is 19.7 Å². The molecule has 0 saturated carbocycles. The highest BCUT2D eigenvalue weighted by atomic mass is 16.4. The molecule has 8 nitrogen and oxygen atoms in total. The van der Waals surface area contributed by atoms with Crippen LogP contribution < -0.4 is 5.32 Å². The Labute approximate surface area is 120 Å². The van der Waals surface area contributed by atoms with E-state index in [-0.39, 0.29) is 5.91 Å². The normalized spacial score (nSPS) is 13.4. The summed E-state index contributed by atoms with van der Waals surface area (Å²) in [5, 5.41) is 15.5. The van der Waals surface area contributed by atoms with Gasteiger partial charge in [0.25, 0.3) is 0 Å². The zero-order chi connectivity index (χ0) is 15.4. The maximum Gasteiger partial charge on any atom is 0.307 e. The van der Waals surface area contributed by atoms with Crippen molar-refractivity contribution < 1.29 is 14.7 Å². The van der Waals surface area contributed by atoms with Gasteiger partial charge >= 0.3 is 5.97 Å². The molecule has 21 heavy (non-hydrogen) atoms. The van der Waals surface area contributed by atoms with Gasteiger partial charge in [-0.05, 0) is 12.1 Å². The van der Waals surface area contributed by atoms with E-state index in [1.165, 1.54) is 30.5 Å². The van der Waals surface area contributed by atoms with Crippen LogP contribution in [0.5, 0.6) is 0 Å². The molecule has 0 aliphatic heterocycles. The molecule has 8 heteroatoms. The van der Waals surface area contributed by atoms with Crippen molar-refractivity contribution in [2.75, 3.05) is 5.32 Å². The summed E-state index contributed by atoms with van der Waals surface area (Å²) in [6, 6.07) is 3.34. The number of amides is 1. The Balaban J connectivity index is 2.03. The lowest BCUT2D eigenvalue weighted by Gasteiger charge is -2.15. The molecular weight excluding hydrogens is 274 g/mol. The summed E-state index contributed by atoms with van der Waals surface area (Å²) in [6.45, 7) is 3.07. The van der Waals surface area contributed by atoms with E-state index >= 15 is 0 Å². The highest BCUT2D eigenvalue weighted by molar-refractivity contribution is 5.94. The maximum absolute atomic E-state index is 11.9. The highest BCUT2D eigenvalue weighted by Gasteiger charge is 2.25. The lowest BCUT2D eigenvalue weighted by Crippen LogP contribution is -2.30. The molecule has 2 unspecified atom stereocenters. The molecule has 0 aliphatic carbocycles. The summed E-state index contributed by atoms with van der Waals surface area (Å²) >= 11 is 0. The number of carboxylic acids is 1. The van der Waals surface area contributed by atoms with Crippen LogP contribution in [0.2, 0.25) is 0 Å². The van der Waals surface area contributed by atoms with Crippen molar-refractivity contribution in [1.29, 1.82) is 0 Å². The third kappa shape index (κ3) is 3.41. The van der Waals surface area contributed by atoms with Crippen molar-refractivity contribution in [3.8, 4) is 5.82 Å². The zero-order valence-corrected chi connectivity index (χ0v) is 11.6. The lowest BCUT2D eigenvalue weighted by atomic mass is 9.95. The predicted molar refractivity (Wildman–Crippen MR) is 73.7 cm³/mol. The van der Waals surface area contributed by atoms with Gasteiger partial charge in [-0.2, -0.15) is 5.10 Å². The van der Waals surface area contributed by atoms with E-state index < -0.39 is 17.8 Å². The second-order valence-electron chi connectivity index (χ2n) is 4.65. The fourth-order valence-corrected chi connectivity index (χ4v) is 1.62. The van der Waals surface area contributed by atoms with Gasteiger partial charge in [-0.1, -0.05) is 13.8 Å². The first kappa shape index (κ1) is 14.6. The smallest absolute Gasteiger partial charge is 0.307 e. The van der Waals surface area contributed by atoms with Crippen LogP contribution in [0.15, 0.2) is 31.0 Å². The minimum absolute atomic E-state index is 0.361. The second-order valence-corrected chi connectivity index (χ2v) is 4.65. The molecule has 110 valence electrons. The number of anilines is 1. The van der Waals surface area contributed by atoms with Crippen molar-refractivity contribution in [2.45, 2.75) is 13.8 Å². The van der Waals surface area contributed by atoms with Gasteiger partial charge in [-0.15, -0.1) is 0 Å². The number of hydrogen-bond donors (Lipinski definition) is 2. The molecule has 2 atom stereocenters. The number of aromatic nitrogens is 4. The number of carbonyl (C=O) groups is 2. The van der Waals surface area contributed by atoms with Crippen LogP contribution in [0.3, 0.4) is 0 Å². The number of aliphatic carboxylic acids is 1. The molecule has 2 heterocycles. The summed E-state index contributed by atoms with van der Waals surface area (Å²) in [6.07, 6.45) is 4.39. The van der Waals surface area contributed by atoms with Crippen LogP contribution in [-0.4, -0.2) is 36.7 Å². The van der Waals surface area contributed by atoms with Crippen LogP contribution in [0.25, 0.3) is 5.82 Å². The van der Waals surface area contributed by atoms with Crippen LogP contribution in [0, 0.1) is 11.8 Å². The molecule has 0 spiro atoms. The third-order valence-electron chi connectivity index (χ3n) is 3.22. The molecule has 0 bridgehead atoms. The van der Waals surface area contributed by atoms with Crippen LogP contribution in [0.4, 0.5) is 5.69 Å². The molecule has 1 amide bonds. The van der Waals surface area contributed by atoms with Gasteiger partial charge in [0.2, 0.25) is 5.91 Å². The summed E-state index contributed by atoms with van der Waals surface area (Å²) in [5.74, 6) is -2.19. The van der Waals surface area contributed by atoms with E-state index in [0.717, 1.165) is 0 Å². The van der Waals surface area contributed by atoms with Gasteiger partial charge < -0.3 is 10.4 Å². The first-order valence-corrected chi connectivity index (χ1v) is 6.33. The molecule has 0 aliphatic rings. The molecule has 2 aromatic rings. The van der Waals surface area contributed by atoms with Crippen LogP contribution >= 0.6 is 0 Å². The Morgan fingerprint density at radius 3 is 2.57 bits per heavy atom. The fraction of sp³-hybridized carbons (Fsp3) is 0.308. The summed E-state index contributed by atoms with van der Waals surface area (Å²) < 4.78 is 1.49. The molecular formula is C13H15N5O3. The van der Waals surface area contributed by atoms with E-state index in [1.54, 1.807) is 19.1 Å². The van der Waals surface area contributed by atoms with Crippen molar-refractivity contribution in [2.24, 2.45) is 11.8 Å². The minimum atomic E-state index is -1.00. The number of rotatable bonds is 5. The highest BCUT2D eigenvalue weighted by Crippen LogP contribution is 2.15. The molecule has 0 fully saturated rings. The number of hydrogen-bond acceptors (Lipinski definition) is 5. The number of carboxylic acid groups (broad SMARTS) is 1. The Kier molecular flexibility index (Phi) is 4.27. The van der Waals surface area contributed by atoms with E-state index in [4.69, 9.17) is 5.11 Å². The molecule has 2 N–H and O–H groups in total. The van der Waals surface area contributed by atoms with E-state index in [9.17, 15) is 9.59 Å². The number of carbonyl (C=O) groups excluding carboxylic acids is 1. The van der Waals surface area contributed by atoms with Gasteiger partial charge in [0.15, 0.2) is 5.82 Å². The fourth-order valence-electron chi connectivity index (χ4n) is 1.62. The van der Waals surface area contributed by atoms with Crippen LogP contribution in [-0.2, 0) is 9.59 Å². The average molecular weight is 289 g/mol. The van der Waals surface area contributed by atoms with Crippen molar-refractivity contribution in [3.05, 3.63) is 31.0 Å². The van der Waals surface area contributed by atoms with E-state index in [2.05, 4.69) is 20.4 Å². The van der Waals surface area contributed by atoms with Gasteiger partial charge in [0, 0.05) is 5.92 Å². The number of pyridine rings is 1. The van der Waals surface area contributed by atoms with Gasteiger partial charge in [-0.25, -0.2) is 14.6 Å². The van der Waals surface area contributed by atoms with Gasteiger partial charge in [-0.3, -0.25) is 9.59 Å². The second kappa shape index (κ2) is 6.12. The van der Waals surface area contributed by atoms with Gasteiger partial charge in [0.05, 0.1) is 17.8 Å². The summed E-state index contributed by atoms with van der Waals surface area (Å²) in [5.41, 5.74) is 0.494. The average Bonchev–Trinajstić information content (AvgIpc) is 3.00. The van der Waals surface area contributed by atoms with E-state index in [0.29, 0.717) is 11.5 Å². The van der Waals surface area contributed by atoms with Crippen molar-refractivity contribution in [3.63, 3.8) is 0 Å². The van der Waals surface area contributed by atoms with Crippen molar-refractivity contribution >= 4 is 17.6 Å². The quantitative estimate of drug-likeness (QED) is 0.848. The topological polar surface area (TPSA) is 110 Å². The molecule has 0 aromatic carbocycles. The summed E-state index contributed by atoms with van der Waals surface area (Å²) in [4.78, 5) is 30.8. The molecule has 2 rings (SSSR count). The lowest BCUT2D eigenvalue weighted by molar-refractivity contribution is -0.145. The Morgan fingerprint density at radius 1 is 1.29 bits per heavy atom. The Hall–Kier alpha value is -2.77. The largest absolute Gasteiger partial charge is 0.481 e. The standard InChI is InChI=1S/C13H15N5O3/c1-8(9(2)13(20)21)12(19)17-10-3-4-11(15-5-10)18-7-14-6-16-18/h3-9H,1-2H3,(H,17,19)(H,20,21). The summed E-state index contributed by atoms with van der Waals surface area (Å²) in [7, 11) is 0. The first-order valence-electron chi connectivity index (χ1n) is 6.33.